The van der Waals surface area contributed by atoms with Crippen LogP contribution in [0.25, 0.3) is 21.8 Å². The van der Waals surface area contributed by atoms with Crippen LogP contribution in [0.3, 0.4) is 0 Å². The monoisotopic (exact) mass is 398 g/mol. The molecule has 1 atom stereocenters. The van der Waals surface area contributed by atoms with Gasteiger partial charge in [0.1, 0.15) is 0 Å². The Morgan fingerprint density at radius 3 is 2.50 bits per heavy atom. The van der Waals surface area contributed by atoms with Gasteiger partial charge in [-0.2, -0.15) is 0 Å². The molecular weight excluding hydrogens is 380 g/mol. The molecule has 0 fully saturated rings. The summed E-state index contributed by atoms with van der Waals surface area (Å²) >= 11 is 0. The maximum atomic E-state index is 12.1. The molecule has 0 spiro atoms. The van der Waals surface area contributed by atoms with Crippen LogP contribution < -0.4 is 0 Å². The van der Waals surface area contributed by atoms with Crippen LogP contribution in [-0.2, 0) is 5.41 Å². The van der Waals surface area contributed by atoms with E-state index in [9.17, 15) is 19.8 Å². The average Bonchev–Trinajstić information content (AvgIpc) is 3.27. The molecule has 148 valence electrons. The first-order valence-corrected chi connectivity index (χ1v) is 9.52. The van der Waals surface area contributed by atoms with Crippen LogP contribution in [0.5, 0.6) is 0 Å². The lowest BCUT2D eigenvalue weighted by atomic mass is 9.73. The molecule has 1 unspecified atom stereocenters. The number of aliphatic imine (C=N–C) groups is 1. The SMILES string of the molecule is Cc1c2c(cc3c1[nH]c1ccccc13)N=CC2(C)c1cccc(C(=O)O)c1C(=O)O. The lowest BCUT2D eigenvalue weighted by Gasteiger charge is -2.27. The van der Waals surface area contributed by atoms with Gasteiger partial charge in [-0.05, 0) is 48.7 Å². The number of nitrogens with zero attached hydrogens (tertiary/aromatic N) is 1. The average molecular weight is 398 g/mol. The number of fused-ring (bicyclic) bond motifs is 4. The third-order valence-electron chi connectivity index (χ3n) is 6.08. The fourth-order valence-electron chi connectivity index (χ4n) is 4.75. The van der Waals surface area contributed by atoms with Crippen LogP contribution in [0.2, 0.25) is 0 Å². The van der Waals surface area contributed by atoms with Crippen LogP contribution in [-0.4, -0.2) is 33.4 Å². The Balaban J connectivity index is 1.84. The number of rotatable bonds is 3. The quantitative estimate of drug-likeness (QED) is 0.449. The van der Waals surface area contributed by atoms with Gasteiger partial charge in [0.2, 0.25) is 0 Å². The number of nitrogens with one attached hydrogen (secondary N) is 1. The summed E-state index contributed by atoms with van der Waals surface area (Å²) < 4.78 is 0. The Morgan fingerprint density at radius 1 is 1.00 bits per heavy atom. The molecule has 0 radical (unpaired) electrons. The van der Waals surface area contributed by atoms with E-state index in [-0.39, 0.29) is 11.1 Å². The number of carboxylic acid groups (broad SMARTS) is 2. The van der Waals surface area contributed by atoms with Crippen LogP contribution >= 0.6 is 0 Å². The third-order valence-corrected chi connectivity index (χ3v) is 6.08. The minimum Gasteiger partial charge on any atom is -0.478 e. The van der Waals surface area contributed by atoms with Crippen LogP contribution in [0, 0.1) is 6.92 Å². The van der Waals surface area contributed by atoms with Gasteiger partial charge in [-0.3, -0.25) is 4.99 Å². The molecule has 4 aromatic rings. The summed E-state index contributed by atoms with van der Waals surface area (Å²) in [5.41, 5.74) is 3.71. The number of para-hydroxylation sites is 1. The number of aromatic nitrogens is 1. The van der Waals surface area contributed by atoms with Crippen molar-refractivity contribution in [3.8, 4) is 0 Å². The van der Waals surface area contributed by atoms with Crippen molar-refractivity contribution < 1.29 is 19.8 Å². The van der Waals surface area contributed by atoms with Gasteiger partial charge in [0.25, 0.3) is 0 Å². The molecule has 6 nitrogen and oxygen atoms in total. The van der Waals surface area contributed by atoms with Gasteiger partial charge in [0, 0.05) is 28.0 Å². The predicted molar refractivity (Wildman–Crippen MR) is 116 cm³/mol. The van der Waals surface area contributed by atoms with Gasteiger partial charge >= 0.3 is 11.9 Å². The Labute approximate surface area is 171 Å². The second-order valence-electron chi connectivity index (χ2n) is 7.79. The summed E-state index contributed by atoms with van der Waals surface area (Å²) in [6.45, 7) is 3.88. The van der Waals surface area contributed by atoms with Gasteiger partial charge in [-0.15, -0.1) is 0 Å². The zero-order valence-corrected chi connectivity index (χ0v) is 16.4. The molecule has 0 amide bonds. The first-order chi connectivity index (χ1) is 14.3. The number of aryl methyl sites for hydroxylation is 1. The maximum absolute atomic E-state index is 12.1. The van der Waals surface area contributed by atoms with E-state index < -0.39 is 17.4 Å². The lowest BCUT2D eigenvalue weighted by Crippen LogP contribution is -2.28. The number of aromatic carboxylic acids is 2. The van der Waals surface area contributed by atoms with Crippen molar-refractivity contribution >= 4 is 45.6 Å². The molecule has 0 aliphatic carbocycles. The van der Waals surface area contributed by atoms with E-state index in [1.54, 1.807) is 18.3 Å². The number of hydrogen-bond donors (Lipinski definition) is 3. The smallest absolute Gasteiger partial charge is 0.336 e. The third kappa shape index (κ3) is 2.27. The van der Waals surface area contributed by atoms with E-state index in [1.165, 1.54) is 6.07 Å². The second-order valence-corrected chi connectivity index (χ2v) is 7.79. The van der Waals surface area contributed by atoms with Crippen LogP contribution in [0.15, 0.2) is 53.5 Å². The van der Waals surface area contributed by atoms with E-state index >= 15 is 0 Å². The molecule has 0 bridgehead atoms. The zero-order chi connectivity index (χ0) is 21.2. The fraction of sp³-hybridized carbons (Fsp3) is 0.125. The predicted octanol–water partition coefficient (Wildman–Crippen LogP) is 5.05. The Kier molecular flexibility index (Phi) is 3.64. The molecule has 5 rings (SSSR count). The number of hydrogen-bond acceptors (Lipinski definition) is 3. The fourth-order valence-corrected chi connectivity index (χ4v) is 4.75. The highest BCUT2D eigenvalue weighted by atomic mass is 16.4. The molecule has 1 aliphatic heterocycles. The van der Waals surface area contributed by atoms with Crippen molar-refractivity contribution in [2.45, 2.75) is 19.3 Å². The maximum Gasteiger partial charge on any atom is 0.336 e. The van der Waals surface area contributed by atoms with Gasteiger partial charge in [0.05, 0.1) is 22.2 Å². The summed E-state index contributed by atoms with van der Waals surface area (Å²) in [5.74, 6) is -2.54. The molecule has 3 N–H and O–H groups in total. The summed E-state index contributed by atoms with van der Waals surface area (Å²) in [4.78, 5) is 31.8. The van der Waals surface area contributed by atoms with Crippen molar-refractivity contribution in [1.82, 2.24) is 4.98 Å². The van der Waals surface area contributed by atoms with Crippen LogP contribution in [0.1, 0.15) is 44.3 Å². The van der Waals surface area contributed by atoms with E-state index in [2.05, 4.69) is 16.0 Å². The number of carboxylic acids is 2. The van der Waals surface area contributed by atoms with E-state index in [4.69, 9.17) is 0 Å². The highest BCUT2D eigenvalue weighted by Crippen LogP contribution is 2.47. The van der Waals surface area contributed by atoms with Crippen molar-refractivity contribution in [3.63, 3.8) is 0 Å². The van der Waals surface area contributed by atoms with Gasteiger partial charge in [-0.25, -0.2) is 9.59 Å². The minimum atomic E-state index is -1.27. The molecule has 1 aromatic heterocycles. The topological polar surface area (TPSA) is 103 Å². The molecule has 1 aliphatic rings. The lowest BCUT2D eigenvalue weighted by molar-refractivity contribution is 0.0650. The normalized spacial score (nSPS) is 17.5. The van der Waals surface area contributed by atoms with Gasteiger partial charge < -0.3 is 15.2 Å². The second kappa shape index (κ2) is 6.03. The molecule has 3 aromatic carbocycles. The standard InChI is InChI=1S/C24H18N2O4/c1-12-20-18(10-15-13-6-3-4-9-17(13)26-21(12)15)25-11-24(20,2)16-8-5-7-14(22(27)28)19(16)23(29)30/h3-11,26H,1-2H3,(H,27,28)(H,29,30). The van der Waals surface area contributed by atoms with Crippen molar-refractivity contribution in [3.05, 3.63) is 76.3 Å². The van der Waals surface area contributed by atoms with Crippen molar-refractivity contribution in [2.75, 3.05) is 0 Å². The highest BCUT2D eigenvalue weighted by Gasteiger charge is 2.40. The Bertz CT molecular complexity index is 1430. The first kappa shape index (κ1) is 18.1. The minimum absolute atomic E-state index is 0.206. The highest BCUT2D eigenvalue weighted by molar-refractivity contribution is 6.12. The molecular formula is C24H18N2O4. The first-order valence-electron chi connectivity index (χ1n) is 9.52. The van der Waals surface area contributed by atoms with Crippen molar-refractivity contribution in [1.29, 1.82) is 0 Å². The van der Waals surface area contributed by atoms with E-state index in [0.29, 0.717) is 5.56 Å². The number of aromatic amines is 1. The summed E-state index contributed by atoms with van der Waals surface area (Å²) in [7, 11) is 0. The summed E-state index contributed by atoms with van der Waals surface area (Å²) in [6, 6.07) is 14.6. The van der Waals surface area contributed by atoms with E-state index in [0.717, 1.165) is 38.6 Å². The molecule has 6 heteroatoms. The van der Waals surface area contributed by atoms with Gasteiger partial charge in [-0.1, -0.05) is 30.3 Å². The Hall–Kier alpha value is -3.93. The molecule has 0 saturated heterocycles. The largest absolute Gasteiger partial charge is 0.478 e. The molecule has 0 saturated carbocycles. The summed E-state index contributed by atoms with van der Waals surface area (Å²) in [6.07, 6.45) is 1.72. The van der Waals surface area contributed by atoms with E-state index in [1.807, 2.05) is 38.1 Å². The van der Waals surface area contributed by atoms with Crippen molar-refractivity contribution in [2.24, 2.45) is 4.99 Å². The van der Waals surface area contributed by atoms with Gasteiger partial charge in [0.15, 0.2) is 0 Å². The van der Waals surface area contributed by atoms with Crippen LogP contribution in [0.4, 0.5) is 5.69 Å². The number of H-pyrrole nitrogens is 1. The number of carbonyl (C=O) groups is 2. The zero-order valence-electron chi connectivity index (χ0n) is 16.4. The summed E-state index contributed by atoms with van der Waals surface area (Å²) in [5, 5.41) is 21.5. The number of benzene rings is 3. The Morgan fingerprint density at radius 2 is 1.77 bits per heavy atom. The molecule has 30 heavy (non-hydrogen) atoms. The molecule has 2 heterocycles.